The van der Waals surface area contributed by atoms with E-state index in [-0.39, 0.29) is 5.56 Å². The van der Waals surface area contributed by atoms with Crippen molar-refractivity contribution in [3.05, 3.63) is 28.5 Å². The molecule has 21 heavy (non-hydrogen) atoms. The lowest BCUT2D eigenvalue weighted by molar-refractivity contribution is 0.0946. The molecule has 116 valence electrons. The van der Waals surface area contributed by atoms with Crippen molar-refractivity contribution in [3.8, 4) is 0 Å². The first-order chi connectivity index (χ1) is 9.70. The van der Waals surface area contributed by atoms with Gasteiger partial charge in [-0.05, 0) is 36.8 Å². The maximum atomic E-state index is 13.6. The Bertz CT molecular complexity index is 674. The van der Waals surface area contributed by atoms with Crippen molar-refractivity contribution in [3.63, 3.8) is 0 Å². The molecule has 1 amide bonds. The Morgan fingerprint density at radius 3 is 2.62 bits per heavy atom. The number of nitrogens with one attached hydrogen (secondary N) is 1. The van der Waals surface area contributed by atoms with Gasteiger partial charge in [-0.1, -0.05) is 18.5 Å². The zero-order chi connectivity index (χ0) is 15.8. The summed E-state index contributed by atoms with van der Waals surface area (Å²) in [7, 11) is 1.03. The average Bonchev–Trinajstić information content (AvgIpc) is 3.21. The maximum Gasteiger partial charge on any atom is 0.261 e. The van der Waals surface area contributed by atoms with Gasteiger partial charge in [0.25, 0.3) is 15.0 Å². The van der Waals surface area contributed by atoms with E-state index in [4.69, 9.17) is 22.3 Å². The van der Waals surface area contributed by atoms with Crippen LogP contribution in [0.5, 0.6) is 0 Å². The lowest BCUT2D eigenvalue weighted by Crippen LogP contribution is -2.29. The van der Waals surface area contributed by atoms with Crippen LogP contribution in [-0.4, -0.2) is 20.9 Å². The van der Waals surface area contributed by atoms with Crippen LogP contribution < -0.4 is 5.32 Å². The van der Waals surface area contributed by atoms with E-state index in [9.17, 15) is 17.6 Å². The van der Waals surface area contributed by atoms with Crippen LogP contribution in [0.1, 0.15) is 30.1 Å². The molecule has 0 aliphatic heterocycles. The third-order valence-electron chi connectivity index (χ3n) is 3.54. The van der Waals surface area contributed by atoms with Crippen molar-refractivity contribution < 1.29 is 17.6 Å². The predicted octanol–water partition coefficient (Wildman–Crippen LogP) is 3.18. The van der Waals surface area contributed by atoms with E-state index in [0.717, 1.165) is 18.9 Å². The summed E-state index contributed by atoms with van der Waals surface area (Å²) in [6.07, 6.45) is 2.29. The van der Waals surface area contributed by atoms with Gasteiger partial charge in [-0.25, -0.2) is 12.8 Å². The summed E-state index contributed by atoms with van der Waals surface area (Å²) in [4.78, 5) is 11.6. The second kappa shape index (κ2) is 6.10. The van der Waals surface area contributed by atoms with Crippen molar-refractivity contribution >= 4 is 37.2 Å². The van der Waals surface area contributed by atoms with E-state index in [2.05, 4.69) is 5.32 Å². The summed E-state index contributed by atoms with van der Waals surface area (Å²) in [5.74, 6) is -0.697. The van der Waals surface area contributed by atoms with E-state index in [1.54, 1.807) is 0 Å². The van der Waals surface area contributed by atoms with Gasteiger partial charge < -0.3 is 5.32 Å². The first-order valence-corrected chi connectivity index (χ1v) is 9.10. The van der Waals surface area contributed by atoms with E-state index in [1.165, 1.54) is 0 Å². The number of benzene rings is 1. The lowest BCUT2D eigenvalue weighted by atomic mass is 10.1. The summed E-state index contributed by atoms with van der Waals surface area (Å²) in [6, 6.07) is 1.67. The number of hydrogen-bond donors (Lipinski definition) is 1. The van der Waals surface area contributed by atoms with Crippen LogP contribution in [0, 0.1) is 17.7 Å². The van der Waals surface area contributed by atoms with E-state index in [0.29, 0.717) is 24.4 Å². The van der Waals surface area contributed by atoms with Crippen molar-refractivity contribution in [1.82, 2.24) is 5.32 Å². The topological polar surface area (TPSA) is 63.2 Å². The molecule has 0 bridgehead atoms. The molecule has 1 aromatic rings. The Morgan fingerprint density at radius 1 is 1.48 bits per heavy atom. The van der Waals surface area contributed by atoms with Gasteiger partial charge >= 0.3 is 0 Å². The van der Waals surface area contributed by atoms with Gasteiger partial charge in [-0.15, -0.1) is 0 Å². The molecule has 1 aliphatic carbocycles. The summed E-state index contributed by atoms with van der Waals surface area (Å²) in [5, 5.41) is 2.22. The van der Waals surface area contributed by atoms with E-state index in [1.807, 2.05) is 6.92 Å². The van der Waals surface area contributed by atoms with Crippen molar-refractivity contribution in [1.29, 1.82) is 0 Å². The van der Waals surface area contributed by atoms with E-state index >= 15 is 0 Å². The molecule has 1 unspecified atom stereocenters. The highest BCUT2D eigenvalue weighted by atomic mass is 35.7. The van der Waals surface area contributed by atoms with Crippen molar-refractivity contribution in [2.45, 2.75) is 24.7 Å². The SMILES string of the molecule is CC(CNC(=O)c1cc(S(=O)(=O)Cl)cc(F)c1Cl)C1CC1. The fraction of sp³-hybridized carbons (Fsp3) is 0.462. The van der Waals surface area contributed by atoms with Crippen LogP contribution in [0.25, 0.3) is 0 Å². The minimum absolute atomic E-state index is 0.237. The summed E-state index contributed by atoms with van der Waals surface area (Å²) in [5.41, 5.74) is -0.237. The molecule has 0 radical (unpaired) electrons. The smallest absolute Gasteiger partial charge is 0.261 e. The highest BCUT2D eigenvalue weighted by molar-refractivity contribution is 8.13. The third-order valence-corrected chi connectivity index (χ3v) is 5.26. The Hall–Kier alpha value is -0.850. The van der Waals surface area contributed by atoms with Crippen LogP contribution in [0.4, 0.5) is 4.39 Å². The molecular weight excluding hydrogens is 340 g/mol. The van der Waals surface area contributed by atoms with Gasteiger partial charge in [0.2, 0.25) is 0 Å². The summed E-state index contributed by atoms with van der Waals surface area (Å²) < 4.78 is 36.2. The molecule has 8 heteroatoms. The maximum absolute atomic E-state index is 13.6. The van der Waals surface area contributed by atoms with Crippen molar-refractivity contribution in [2.75, 3.05) is 6.54 Å². The highest BCUT2D eigenvalue weighted by Gasteiger charge is 2.28. The van der Waals surface area contributed by atoms with Crippen LogP contribution in [0.2, 0.25) is 5.02 Å². The fourth-order valence-electron chi connectivity index (χ4n) is 2.05. The standard InChI is InChI=1S/C13H14Cl2FNO3S/c1-7(8-2-3-8)6-17-13(18)10-4-9(21(15,19)20)5-11(16)12(10)14/h4-5,7-8H,2-3,6H2,1H3,(H,17,18). The van der Waals surface area contributed by atoms with Gasteiger partial charge in [0.1, 0.15) is 5.82 Å². The van der Waals surface area contributed by atoms with Crippen LogP contribution >= 0.6 is 22.3 Å². The summed E-state index contributed by atoms with van der Waals surface area (Å²) >= 11 is 5.73. The molecule has 0 aromatic heterocycles. The number of amides is 1. The van der Waals surface area contributed by atoms with Gasteiger partial charge in [0.05, 0.1) is 15.5 Å². The molecule has 0 heterocycles. The second-order valence-electron chi connectivity index (χ2n) is 5.23. The Morgan fingerprint density at radius 2 is 2.10 bits per heavy atom. The molecule has 0 spiro atoms. The van der Waals surface area contributed by atoms with Gasteiger partial charge in [-0.2, -0.15) is 0 Å². The molecular formula is C13H14Cl2FNO3S. The third kappa shape index (κ3) is 4.08. The predicted molar refractivity (Wildman–Crippen MR) is 78.7 cm³/mol. The van der Waals surface area contributed by atoms with E-state index < -0.39 is 30.7 Å². The molecule has 4 nitrogen and oxygen atoms in total. The number of halogens is 3. The molecule has 1 atom stereocenters. The second-order valence-corrected chi connectivity index (χ2v) is 8.17. The molecule has 0 saturated heterocycles. The van der Waals surface area contributed by atoms with Crippen LogP contribution in [-0.2, 0) is 9.05 Å². The van der Waals surface area contributed by atoms with Gasteiger partial charge in [0.15, 0.2) is 0 Å². The monoisotopic (exact) mass is 353 g/mol. The molecule has 1 aliphatic rings. The zero-order valence-corrected chi connectivity index (χ0v) is 13.5. The quantitative estimate of drug-likeness (QED) is 0.826. The number of carbonyl (C=O) groups is 1. The lowest BCUT2D eigenvalue weighted by Gasteiger charge is -2.12. The molecule has 1 fully saturated rings. The van der Waals surface area contributed by atoms with Gasteiger partial charge in [0, 0.05) is 17.2 Å². The highest BCUT2D eigenvalue weighted by Crippen LogP contribution is 2.36. The van der Waals surface area contributed by atoms with Crippen LogP contribution in [0.15, 0.2) is 17.0 Å². The first-order valence-electron chi connectivity index (χ1n) is 6.42. The number of rotatable bonds is 5. The normalized spacial score (nSPS) is 16.6. The molecule has 1 N–H and O–H groups in total. The van der Waals surface area contributed by atoms with Crippen LogP contribution in [0.3, 0.4) is 0 Å². The largest absolute Gasteiger partial charge is 0.352 e. The molecule has 2 rings (SSSR count). The summed E-state index contributed by atoms with van der Waals surface area (Å²) in [6.45, 7) is 2.44. The first kappa shape index (κ1) is 16.5. The van der Waals surface area contributed by atoms with Crippen molar-refractivity contribution in [2.24, 2.45) is 11.8 Å². The fourth-order valence-corrected chi connectivity index (χ4v) is 3.02. The average molecular weight is 354 g/mol. The number of carbonyl (C=O) groups excluding carboxylic acids is 1. The Kier molecular flexibility index (Phi) is 4.80. The minimum Gasteiger partial charge on any atom is -0.352 e. The zero-order valence-electron chi connectivity index (χ0n) is 11.2. The Labute approximate surface area is 132 Å². The molecule has 1 aromatic carbocycles. The Balaban J connectivity index is 2.21. The minimum atomic E-state index is -4.14. The van der Waals surface area contributed by atoms with Gasteiger partial charge in [-0.3, -0.25) is 4.79 Å². The number of hydrogen-bond acceptors (Lipinski definition) is 3. The molecule has 1 saturated carbocycles.